The minimum atomic E-state index is -0.254. The van der Waals surface area contributed by atoms with Crippen LogP contribution in [-0.2, 0) is 0 Å². The summed E-state index contributed by atoms with van der Waals surface area (Å²) in [6, 6.07) is 5.00. The number of aliphatic hydroxyl groups excluding tert-OH is 1. The summed E-state index contributed by atoms with van der Waals surface area (Å²) in [4.78, 5) is 0. The largest absolute Gasteiger partial charge is 0.507 e. The fourth-order valence-corrected chi connectivity index (χ4v) is 2.22. The van der Waals surface area contributed by atoms with Gasteiger partial charge >= 0.3 is 0 Å². The molecule has 1 aliphatic rings. The Morgan fingerprint density at radius 3 is 2.80 bits per heavy atom. The Labute approximate surface area is 119 Å². The second-order valence-electron chi connectivity index (χ2n) is 4.92. The minimum Gasteiger partial charge on any atom is -0.507 e. The first-order valence-electron chi connectivity index (χ1n) is 6.81. The Hall–Kier alpha value is -2.09. The molecule has 104 valence electrons. The van der Waals surface area contributed by atoms with Crippen LogP contribution >= 0.6 is 0 Å². The van der Waals surface area contributed by atoms with E-state index in [0.29, 0.717) is 5.56 Å². The van der Waals surface area contributed by atoms with Crippen LogP contribution in [0.15, 0.2) is 59.4 Å². The smallest absolute Gasteiger partial charge is 0.130 e. The lowest BCUT2D eigenvalue weighted by atomic mass is 10.1. The molecule has 2 rings (SSSR count). The predicted molar refractivity (Wildman–Crippen MR) is 82.0 cm³/mol. The summed E-state index contributed by atoms with van der Waals surface area (Å²) in [6.45, 7) is 3.84. The van der Waals surface area contributed by atoms with Gasteiger partial charge in [0.1, 0.15) is 11.6 Å². The van der Waals surface area contributed by atoms with Gasteiger partial charge in [-0.05, 0) is 44.4 Å². The molecular weight excluding hydrogens is 251 g/mol. The van der Waals surface area contributed by atoms with Crippen molar-refractivity contribution in [1.29, 1.82) is 0 Å². The zero-order valence-corrected chi connectivity index (χ0v) is 11.9. The fraction of sp³-hybridized carbons (Fsp3) is 0.222. The molecule has 2 heteroatoms. The molecule has 0 saturated heterocycles. The van der Waals surface area contributed by atoms with E-state index in [4.69, 9.17) is 0 Å². The second kappa shape index (κ2) is 6.38. The maximum Gasteiger partial charge on any atom is 0.130 e. The van der Waals surface area contributed by atoms with Gasteiger partial charge in [0.05, 0.1) is 0 Å². The van der Waals surface area contributed by atoms with Crippen LogP contribution in [0.2, 0.25) is 0 Å². The van der Waals surface area contributed by atoms with Crippen LogP contribution in [-0.4, -0.2) is 5.11 Å². The van der Waals surface area contributed by atoms with E-state index >= 15 is 0 Å². The van der Waals surface area contributed by atoms with Crippen molar-refractivity contribution in [3.05, 3.63) is 76.4 Å². The molecule has 0 radical (unpaired) electrons. The highest BCUT2D eigenvalue weighted by Gasteiger charge is 2.09. The van der Waals surface area contributed by atoms with Gasteiger partial charge in [0.15, 0.2) is 0 Å². The molecule has 1 aliphatic carbocycles. The molecule has 0 aliphatic heterocycles. The van der Waals surface area contributed by atoms with Crippen LogP contribution in [0.25, 0.3) is 6.08 Å². The Morgan fingerprint density at radius 1 is 1.25 bits per heavy atom. The highest BCUT2D eigenvalue weighted by Crippen LogP contribution is 2.24. The SMILES string of the molecule is C/C=C1\CCC=CC(/C=C/c2cc(C)ccc2F)=C1O. The van der Waals surface area contributed by atoms with Crippen LogP contribution in [0.1, 0.15) is 30.9 Å². The van der Waals surface area contributed by atoms with E-state index in [9.17, 15) is 9.50 Å². The van der Waals surface area contributed by atoms with Crippen LogP contribution in [0.3, 0.4) is 0 Å². The molecule has 1 aromatic carbocycles. The van der Waals surface area contributed by atoms with Gasteiger partial charge in [-0.25, -0.2) is 4.39 Å². The van der Waals surface area contributed by atoms with E-state index in [1.54, 1.807) is 24.3 Å². The summed E-state index contributed by atoms with van der Waals surface area (Å²) in [7, 11) is 0. The number of halogens is 1. The van der Waals surface area contributed by atoms with Crippen molar-refractivity contribution in [2.45, 2.75) is 26.7 Å². The second-order valence-corrected chi connectivity index (χ2v) is 4.92. The average molecular weight is 270 g/mol. The van der Waals surface area contributed by atoms with Gasteiger partial charge in [-0.2, -0.15) is 0 Å². The van der Waals surface area contributed by atoms with Crippen LogP contribution in [0.4, 0.5) is 4.39 Å². The van der Waals surface area contributed by atoms with Crippen molar-refractivity contribution in [2.75, 3.05) is 0 Å². The lowest BCUT2D eigenvalue weighted by Crippen LogP contribution is -1.90. The Morgan fingerprint density at radius 2 is 2.05 bits per heavy atom. The maximum absolute atomic E-state index is 13.7. The first kappa shape index (κ1) is 14.3. The van der Waals surface area contributed by atoms with Crippen LogP contribution < -0.4 is 0 Å². The van der Waals surface area contributed by atoms with Gasteiger partial charge in [0, 0.05) is 11.1 Å². The third-order valence-electron chi connectivity index (χ3n) is 3.40. The summed E-state index contributed by atoms with van der Waals surface area (Å²) < 4.78 is 13.7. The minimum absolute atomic E-state index is 0.254. The molecule has 0 heterocycles. The summed E-state index contributed by atoms with van der Waals surface area (Å²) in [5, 5.41) is 10.2. The average Bonchev–Trinajstić information content (AvgIpc) is 2.62. The molecule has 0 amide bonds. The summed E-state index contributed by atoms with van der Waals surface area (Å²) in [5.74, 6) is 0.0290. The van der Waals surface area contributed by atoms with Crippen molar-refractivity contribution in [1.82, 2.24) is 0 Å². The first-order chi connectivity index (χ1) is 9.61. The molecule has 0 atom stereocenters. The monoisotopic (exact) mass is 270 g/mol. The molecule has 0 bridgehead atoms. The highest BCUT2D eigenvalue weighted by atomic mass is 19.1. The topological polar surface area (TPSA) is 20.2 Å². The third-order valence-corrected chi connectivity index (χ3v) is 3.40. The molecule has 20 heavy (non-hydrogen) atoms. The van der Waals surface area contributed by atoms with Gasteiger partial charge in [0.25, 0.3) is 0 Å². The maximum atomic E-state index is 13.7. The molecular formula is C18H19FO. The fourth-order valence-electron chi connectivity index (χ4n) is 2.22. The molecule has 1 aromatic rings. The number of allylic oxidation sites excluding steroid dienone is 6. The van der Waals surface area contributed by atoms with Gasteiger partial charge < -0.3 is 5.11 Å². The number of rotatable bonds is 2. The summed E-state index contributed by atoms with van der Waals surface area (Å²) in [6.07, 6.45) is 11.0. The van der Waals surface area contributed by atoms with Crippen molar-refractivity contribution >= 4 is 6.08 Å². The van der Waals surface area contributed by atoms with Crippen LogP contribution in [0.5, 0.6) is 0 Å². The standard InChI is InChI=1S/C18H19FO/c1-3-14-6-4-5-7-15(18(14)20)9-10-16-12-13(2)8-11-17(16)19/h3,5,7-12,20H,4,6H2,1-2H3/b10-9+,14-3+. The van der Waals surface area contributed by atoms with E-state index < -0.39 is 0 Å². The van der Waals surface area contributed by atoms with E-state index in [-0.39, 0.29) is 11.6 Å². The molecule has 0 saturated carbocycles. The number of hydrogen-bond donors (Lipinski definition) is 1. The Kier molecular flexibility index (Phi) is 4.57. The van der Waals surface area contributed by atoms with E-state index in [2.05, 4.69) is 0 Å². The lowest BCUT2D eigenvalue weighted by Gasteiger charge is -2.05. The van der Waals surface area contributed by atoms with Crippen molar-refractivity contribution in [2.24, 2.45) is 0 Å². The molecule has 1 nitrogen and oxygen atoms in total. The van der Waals surface area contributed by atoms with E-state index in [1.807, 2.05) is 32.1 Å². The first-order valence-corrected chi connectivity index (χ1v) is 6.81. The van der Waals surface area contributed by atoms with Crippen molar-refractivity contribution in [3.63, 3.8) is 0 Å². The van der Waals surface area contributed by atoms with E-state index in [1.165, 1.54) is 6.07 Å². The van der Waals surface area contributed by atoms with Crippen molar-refractivity contribution < 1.29 is 9.50 Å². The molecule has 0 fully saturated rings. The molecule has 0 aromatic heterocycles. The molecule has 0 unspecified atom stereocenters. The number of aliphatic hydroxyl groups is 1. The van der Waals surface area contributed by atoms with Gasteiger partial charge in [-0.1, -0.05) is 42.0 Å². The van der Waals surface area contributed by atoms with E-state index in [0.717, 1.165) is 29.6 Å². The predicted octanol–water partition coefficient (Wildman–Crippen LogP) is 5.26. The van der Waals surface area contributed by atoms with Crippen LogP contribution in [0, 0.1) is 12.7 Å². The zero-order chi connectivity index (χ0) is 14.5. The Balaban J connectivity index is 2.36. The van der Waals surface area contributed by atoms with Gasteiger partial charge in [0.2, 0.25) is 0 Å². The van der Waals surface area contributed by atoms with Crippen molar-refractivity contribution in [3.8, 4) is 0 Å². The highest BCUT2D eigenvalue weighted by molar-refractivity contribution is 5.58. The number of hydrogen-bond acceptors (Lipinski definition) is 1. The normalized spacial score (nSPS) is 18.1. The molecule has 1 N–H and O–H groups in total. The molecule has 0 spiro atoms. The van der Waals surface area contributed by atoms with Gasteiger partial charge in [-0.15, -0.1) is 0 Å². The lowest BCUT2D eigenvalue weighted by molar-refractivity contribution is 0.416. The third kappa shape index (κ3) is 3.27. The number of aryl methyl sites for hydroxylation is 1. The Bertz CT molecular complexity index is 618. The quantitative estimate of drug-likeness (QED) is 0.777. The summed E-state index contributed by atoms with van der Waals surface area (Å²) >= 11 is 0. The number of benzene rings is 1. The zero-order valence-electron chi connectivity index (χ0n) is 11.9. The van der Waals surface area contributed by atoms with Gasteiger partial charge in [-0.3, -0.25) is 0 Å². The summed E-state index contributed by atoms with van der Waals surface area (Å²) in [5.41, 5.74) is 3.19.